The minimum absolute atomic E-state index is 0.230. The molecule has 0 unspecified atom stereocenters. The zero-order valence-corrected chi connectivity index (χ0v) is 10.1. The van der Waals surface area contributed by atoms with Crippen molar-refractivity contribution >= 4 is 0 Å². The van der Waals surface area contributed by atoms with Gasteiger partial charge in [0.05, 0.1) is 12.0 Å². The van der Waals surface area contributed by atoms with Gasteiger partial charge in [0.1, 0.15) is 5.82 Å². The average molecular weight is 233 g/mol. The molecule has 0 saturated carbocycles. The van der Waals surface area contributed by atoms with E-state index in [1.807, 2.05) is 18.4 Å². The van der Waals surface area contributed by atoms with E-state index in [4.69, 9.17) is 5.73 Å². The van der Waals surface area contributed by atoms with Crippen LogP contribution in [0.25, 0.3) is 0 Å². The lowest BCUT2D eigenvalue weighted by Gasteiger charge is -2.10. The monoisotopic (exact) mass is 233 g/mol. The highest BCUT2D eigenvalue weighted by atomic mass is 19.1. The molecule has 4 heteroatoms. The molecule has 1 aromatic carbocycles. The Morgan fingerprint density at radius 2 is 2.06 bits per heavy atom. The fourth-order valence-electron chi connectivity index (χ4n) is 1.83. The van der Waals surface area contributed by atoms with Crippen LogP contribution in [0.5, 0.6) is 0 Å². The van der Waals surface area contributed by atoms with E-state index in [0.29, 0.717) is 13.1 Å². The Hall–Kier alpha value is -1.68. The standard InChI is InChI=1S/C13H16FN3/c1-9-10(2)17(8-16-9)7-12-5-13(14)4-3-11(12)6-15/h3-5,8H,6-7,15H2,1-2H3. The predicted octanol–water partition coefficient (Wildman–Crippen LogP) is 2.15. The predicted molar refractivity (Wildman–Crippen MR) is 65.1 cm³/mol. The van der Waals surface area contributed by atoms with Crippen molar-refractivity contribution in [2.24, 2.45) is 5.73 Å². The molecule has 0 fully saturated rings. The van der Waals surface area contributed by atoms with Crippen molar-refractivity contribution < 1.29 is 4.39 Å². The molecular formula is C13H16FN3. The number of aryl methyl sites for hydroxylation is 1. The van der Waals surface area contributed by atoms with Gasteiger partial charge in [0, 0.05) is 18.8 Å². The lowest BCUT2D eigenvalue weighted by molar-refractivity contribution is 0.621. The van der Waals surface area contributed by atoms with E-state index in [1.165, 1.54) is 12.1 Å². The second-order valence-electron chi connectivity index (χ2n) is 4.16. The van der Waals surface area contributed by atoms with E-state index in [1.54, 1.807) is 12.4 Å². The molecule has 0 aliphatic rings. The van der Waals surface area contributed by atoms with Gasteiger partial charge in [-0.05, 0) is 37.1 Å². The molecule has 1 aromatic heterocycles. The van der Waals surface area contributed by atoms with Crippen molar-refractivity contribution in [3.8, 4) is 0 Å². The number of nitrogens with two attached hydrogens (primary N) is 1. The number of halogens is 1. The van der Waals surface area contributed by atoms with Crippen LogP contribution in [0.15, 0.2) is 24.5 Å². The Bertz CT molecular complexity index is 531. The minimum Gasteiger partial charge on any atom is -0.330 e. The summed E-state index contributed by atoms with van der Waals surface area (Å²) in [5.74, 6) is -0.230. The van der Waals surface area contributed by atoms with Crippen LogP contribution < -0.4 is 5.73 Å². The van der Waals surface area contributed by atoms with Crippen molar-refractivity contribution in [3.05, 3.63) is 52.9 Å². The van der Waals surface area contributed by atoms with Gasteiger partial charge in [0.15, 0.2) is 0 Å². The second kappa shape index (κ2) is 4.67. The van der Waals surface area contributed by atoms with E-state index in [0.717, 1.165) is 22.5 Å². The third-order valence-electron chi connectivity index (χ3n) is 3.07. The first-order valence-electron chi connectivity index (χ1n) is 5.57. The van der Waals surface area contributed by atoms with Crippen LogP contribution in [0.4, 0.5) is 4.39 Å². The van der Waals surface area contributed by atoms with Crippen LogP contribution in [-0.2, 0) is 13.1 Å². The summed E-state index contributed by atoms with van der Waals surface area (Å²) in [5.41, 5.74) is 9.62. The normalized spacial score (nSPS) is 10.8. The third kappa shape index (κ3) is 2.36. The van der Waals surface area contributed by atoms with E-state index in [-0.39, 0.29) is 5.82 Å². The van der Waals surface area contributed by atoms with Crippen LogP contribution >= 0.6 is 0 Å². The van der Waals surface area contributed by atoms with Gasteiger partial charge >= 0.3 is 0 Å². The Morgan fingerprint density at radius 3 is 2.65 bits per heavy atom. The third-order valence-corrected chi connectivity index (χ3v) is 3.07. The maximum absolute atomic E-state index is 13.2. The highest BCUT2D eigenvalue weighted by Crippen LogP contribution is 2.14. The first kappa shape index (κ1) is 11.8. The van der Waals surface area contributed by atoms with Gasteiger partial charge in [-0.15, -0.1) is 0 Å². The summed E-state index contributed by atoms with van der Waals surface area (Å²) in [7, 11) is 0. The summed E-state index contributed by atoms with van der Waals surface area (Å²) in [5, 5.41) is 0. The Labute approximate surface area is 100 Å². The molecule has 2 rings (SSSR count). The molecule has 90 valence electrons. The molecule has 2 N–H and O–H groups in total. The lowest BCUT2D eigenvalue weighted by atomic mass is 10.1. The highest BCUT2D eigenvalue weighted by Gasteiger charge is 2.07. The van der Waals surface area contributed by atoms with E-state index in [2.05, 4.69) is 4.98 Å². The summed E-state index contributed by atoms with van der Waals surface area (Å²) in [6.45, 7) is 4.99. The summed E-state index contributed by atoms with van der Waals surface area (Å²) in [6.07, 6.45) is 1.77. The summed E-state index contributed by atoms with van der Waals surface area (Å²) >= 11 is 0. The maximum atomic E-state index is 13.2. The lowest BCUT2D eigenvalue weighted by Crippen LogP contribution is -2.07. The first-order valence-corrected chi connectivity index (χ1v) is 5.57. The SMILES string of the molecule is Cc1ncn(Cc2cc(F)ccc2CN)c1C. The van der Waals surface area contributed by atoms with Crippen molar-refractivity contribution in [1.82, 2.24) is 9.55 Å². The molecule has 0 spiro atoms. The van der Waals surface area contributed by atoms with Gasteiger partial charge in [0.25, 0.3) is 0 Å². The zero-order chi connectivity index (χ0) is 12.4. The highest BCUT2D eigenvalue weighted by molar-refractivity contribution is 5.28. The fraction of sp³-hybridized carbons (Fsp3) is 0.308. The number of hydrogen-bond acceptors (Lipinski definition) is 2. The van der Waals surface area contributed by atoms with Crippen LogP contribution in [0, 0.1) is 19.7 Å². The molecule has 2 aromatic rings. The number of benzene rings is 1. The van der Waals surface area contributed by atoms with E-state index in [9.17, 15) is 4.39 Å². The molecule has 17 heavy (non-hydrogen) atoms. The largest absolute Gasteiger partial charge is 0.330 e. The molecule has 0 atom stereocenters. The second-order valence-corrected chi connectivity index (χ2v) is 4.16. The van der Waals surface area contributed by atoms with Crippen molar-refractivity contribution in [2.45, 2.75) is 26.9 Å². The average Bonchev–Trinajstić information content (AvgIpc) is 2.61. The van der Waals surface area contributed by atoms with Crippen LogP contribution in [0.2, 0.25) is 0 Å². The molecule has 0 aliphatic carbocycles. The van der Waals surface area contributed by atoms with Gasteiger partial charge < -0.3 is 10.3 Å². The molecule has 0 amide bonds. The quantitative estimate of drug-likeness (QED) is 0.882. The van der Waals surface area contributed by atoms with Gasteiger partial charge in [-0.3, -0.25) is 0 Å². The van der Waals surface area contributed by atoms with Crippen LogP contribution in [-0.4, -0.2) is 9.55 Å². The maximum Gasteiger partial charge on any atom is 0.123 e. The molecule has 3 nitrogen and oxygen atoms in total. The number of nitrogens with zero attached hydrogens (tertiary/aromatic N) is 2. The molecular weight excluding hydrogens is 217 g/mol. The summed E-state index contributed by atoms with van der Waals surface area (Å²) in [4.78, 5) is 4.23. The van der Waals surface area contributed by atoms with E-state index >= 15 is 0 Å². The van der Waals surface area contributed by atoms with Crippen LogP contribution in [0.1, 0.15) is 22.5 Å². The Morgan fingerprint density at radius 1 is 1.29 bits per heavy atom. The smallest absolute Gasteiger partial charge is 0.123 e. The molecule has 0 saturated heterocycles. The van der Waals surface area contributed by atoms with Crippen molar-refractivity contribution in [1.29, 1.82) is 0 Å². The fourth-order valence-corrected chi connectivity index (χ4v) is 1.83. The summed E-state index contributed by atoms with van der Waals surface area (Å²) < 4.78 is 15.2. The Kier molecular flexibility index (Phi) is 3.24. The van der Waals surface area contributed by atoms with Gasteiger partial charge in [-0.1, -0.05) is 6.07 Å². The van der Waals surface area contributed by atoms with Gasteiger partial charge in [-0.2, -0.15) is 0 Å². The minimum atomic E-state index is -0.230. The topological polar surface area (TPSA) is 43.8 Å². The molecule has 0 bridgehead atoms. The molecule has 0 aliphatic heterocycles. The van der Waals surface area contributed by atoms with Gasteiger partial charge in [0.2, 0.25) is 0 Å². The van der Waals surface area contributed by atoms with E-state index < -0.39 is 0 Å². The van der Waals surface area contributed by atoms with Crippen molar-refractivity contribution in [3.63, 3.8) is 0 Å². The number of rotatable bonds is 3. The molecule has 1 heterocycles. The van der Waals surface area contributed by atoms with Gasteiger partial charge in [-0.25, -0.2) is 9.37 Å². The first-order chi connectivity index (χ1) is 8.11. The summed E-state index contributed by atoms with van der Waals surface area (Å²) in [6, 6.07) is 4.72. The number of aromatic nitrogens is 2. The van der Waals surface area contributed by atoms with Crippen LogP contribution in [0.3, 0.4) is 0 Å². The Balaban J connectivity index is 2.35. The zero-order valence-electron chi connectivity index (χ0n) is 10.1. The number of imidazole rings is 1. The van der Waals surface area contributed by atoms with Crippen molar-refractivity contribution in [2.75, 3.05) is 0 Å². The molecule has 0 radical (unpaired) electrons. The number of hydrogen-bond donors (Lipinski definition) is 1.